The van der Waals surface area contributed by atoms with E-state index < -0.39 is 29.4 Å². The number of hydrogen-bond acceptors (Lipinski definition) is 4. The van der Waals surface area contributed by atoms with Gasteiger partial charge in [0.25, 0.3) is 0 Å². The van der Waals surface area contributed by atoms with Crippen LogP contribution in [-0.2, 0) is 25.2 Å². The highest BCUT2D eigenvalue weighted by Gasteiger charge is 2.37. The fourth-order valence-electron chi connectivity index (χ4n) is 5.26. The molecule has 6 rings (SSSR count). The number of aromatic carboxylic acids is 1. The molecule has 0 saturated carbocycles. The predicted octanol–water partition coefficient (Wildman–Crippen LogP) is 9.38. The lowest BCUT2D eigenvalue weighted by molar-refractivity contribution is -0.143. The molecule has 0 bridgehead atoms. The number of rotatable bonds is 4. The molecule has 1 heterocycles. The van der Waals surface area contributed by atoms with Crippen LogP contribution in [0, 0.1) is 6.92 Å². The second-order valence-corrected chi connectivity index (χ2v) is 11.4. The standard InChI is InChI=1S/C22H15F6N.C12H9BrN2O2/c23-21(24,25)15-8-12(9-16(11-15)22(26,27)28)7-14-5-6-18-17-4-2-1-3-13(17)10-19(18)20(14)29;1-7-14-6-9(12(16)17)11(15-7)8-4-2-3-5-10(8)13/h1-6,8-9,11H,7,10,29H2;2-6H,1H3,(H,16,17). The van der Waals surface area contributed by atoms with E-state index >= 15 is 0 Å². The van der Waals surface area contributed by atoms with Crippen LogP contribution in [0.1, 0.15) is 49.6 Å². The van der Waals surface area contributed by atoms with Gasteiger partial charge in [-0.1, -0.05) is 70.5 Å². The maximum atomic E-state index is 13.1. The number of carboxylic acid groups (broad SMARTS) is 1. The van der Waals surface area contributed by atoms with Crippen molar-refractivity contribution in [1.82, 2.24) is 9.97 Å². The number of halogens is 7. The van der Waals surface area contributed by atoms with Gasteiger partial charge in [-0.15, -0.1) is 0 Å². The van der Waals surface area contributed by atoms with Crippen molar-refractivity contribution < 1.29 is 36.2 Å². The summed E-state index contributed by atoms with van der Waals surface area (Å²) in [5.41, 5.74) is 9.64. The van der Waals surface area contributed by atoms with Gasteiger partial charge in [0.2, 0.25) is 0 Å². The molecule has 1 aliphatic carbocycles. The summed E-state index contributed by atoms with van der Waals surface area (Å²) in [6, 6.07) is 20.2. The fraction of sp³-hybridized carbons (Fsp3) is 0.147. The second kappa shape index (κ2) is 12.6. The summed E-state index contributed by atoms with van der Waals surface area (Å²) >= 11 is 3.39. The molecule has 0 atom stereocenters. The summed E-state index contributed by atoms with van der Waals surface area (Å²) in [5.74, 6) is -0.489. The highest BCUT2D eigenvalue weighted by Crippen LogP contribution is 2.42. The molecular formula is C34H24BrF6N3O2. The summed E-state index contributed by atoms with van der Waals surface area (Å²) in [7, 11) is 0. The van der Waals surface area contributed by atoms with E-state index in [2.05, 4.69) is 25.9 Å². The van der Waals surface area contributed by atoms with Gasteiger partial charge in [-0.3, -0.25) is 0 Å². The molecule has 5 aromatic rings. The van der Waals surface area contributed by atoms with Crippen LogP contribution >= 0.6 is 15.9 Å². The Bertz CT molecular complexity index is 1930. The van der Waals surface area contributed by atoms with Gasteiger partial charge in [-0.05, 0) is 71.0 Å². The van der Waals surface area contributed by atoms with Crippen molar-refractivity contribution in [2.24, 2.45) is 0 Å². The lowest BCUT2D eigenvalue weighted by atomic mass is 9.95. The highest BCUT2D eigenvalue weighted by atomic mass is 79.9. The van der Waals surface area contributed by atoms with Crippen molar-refractivity contribution in [1.29, 1.82) is 0 Å². The maximum absolute atomic E-state index is 13.1. The van der Waals surface area contributed by atoms with E-state index in [1.807, 2.05) is 54.6 Å². The van der Waals surface area contributed by atoms with Crippen LogP contribution in [0.5, 0.6) is 0 Å². The van der Waals surface area contributed by atoms with Crippen molar-refractivity contribution >= 4 is 27.6 Å². The third-order valence-corrected chi connectivity index (χ3v) is 8.12. The average molecular weight is 700 g/mol. The summed E-state index contributed by atoms with van der Waals surface area (Å²) < 4.78 is 79.4. The lowest BCUT2D eigenvalue weighted by Crippen LogP contribution is -2.12. The minimum atomic E-state index is -4.87. The number of aromatic nitrogens is 2. The topological polar surface area (TPSA) is 89.1 Å². The third kappa shape index (κ3) is 6.91. The normalized spacial score (nSPS) is 12.2. The van der Waals surface area contributed by atoms with E-state index in [1.54, 1.807) is 13.0 Å². The van der Waals surface area contributed by atoms with Gasteiger partial charge >= 0.3 is 18.3 Å². The van der Waals surface area contributed by atoms with E-state index in [9.17, 15) is 31.1 Å². The Morgan fingerprint density at radius 2 is 1.48 bits per heavy atom. The number of nitrogens with zero attached hydrogens (tertiary/aromatic N) is 2. The molecule has 1 aromatic heterocycles. The van der Waals surface area contributed by atoms with Crippen LogP contribution in [0.4, 0.5) is 32.0 Å². The minimum Gasteiger partial charge on any atom is -0.478 e. The van der Waals surface area contributed by atoms with Crippen LogP contribution in [0.15, 0.2) is 89.5 Å². The average Bonchev–Trinajstić information content (AvgIpc) is 3.37. The molecular weight excluding hydrogens is 676 g/mol. The molecule has 0 saturated heterocycles. The Balaban J connectivity index is 0.000000209. The maximum Gasteiger partial charge on any atom is 0.416 e. The molecule has 0 aliphatic heterocycles. The fourth-order valence-corrected chi connectivity index (χ4v) is 5.74. The van der Waals surface area contributed by atoms with E-state index in [-0.39, 0.29) is 23.6 Å². The summed E-state index contributed by atoms with van der Waals surface area (Å²) in [5, 5.41) is 9.11. The number of benzene rings is 4. The molecule has 46 heavy (non-hydrogen) atoms. The summed E-state index contributed by atoms with van der Waals surface area (Å²) in [4.78, 5) is 19.2. The summed E-state index contributed by atoms with van der Waals surface area (Å²) in [6.07, 6.45) is -7.95. The van der Waals surface area contributed by atoms with Gasteiger partial charge in [-0.25, -0.2) is 14.8 Å². The van der Waals surface area contributed by atoms with E-state index in [0.717, 1.165) is 44.4 Å². The number of nitrogens with two attached hydrogens (primary N) is 1. The van der Waals surface area contributed by atoms with Crippen molar-refractivity contribution in [3.8, 4) is 22.4 Å². The lowest BCUT2D eigenvalue weighted by Gasteiger charge is -2.16. The molecule has 0 spiro atoms. The molecule has 0 unspecified atom stereocenters. The Labute approximate surface area is 267 Å². The van der Waals surface area contributed by atoms with Crippen LogP contribution in [-0.4, -0.2) is 21.0 Å². The number of anilines is 1. The van der Waals surface area contributed by atoms with E-state index in [4.69, 9.17) is 10.8 Å². The van der Waals surface area contributed by atoms with Crippen molar-refractivity contribution in [2.75, 3.05) is 5.73 Å². The van der Waals surface area contributed by atoms with Crippen molar-refractivity contribution in [2.45, 2.75) is 32.1 Å². The van der Waals surface area contributed by atoms with Crippen LogP contribution in [0.3, 0.4) is 0 Å². The zero-order chi connectivity index (χ0) is 33.4. The first-order valence-electron chi connectivity index (χ1n) is 13.7. The second-order valence-electron chi connectivity index (χ2n) is 10.6. The monoisotopic (exact) mass is 699 g/mol. The largest absolute Gasteiger partial charge is 0.478 e. The van der Waals surface area contributed by atoms with Gasteiger partial charge < -0.3 is 10.8 Å². The Hall–Kier alpha value is -4.71. The minimum absolute atomic E-state index is 0.0886. The number of aryl methyl sites for hydroxylation is 1. The summed E-state index contributed by atoms with van der Waals surface area (Å²) in [6.45, 7) is 1.73. The van der Waals surface area contributed by atoms with Gasteiger partial charge in [-0.2, -0.15) is 26.3 Å². The first-order chi connectivity index (χ1) is 21.6. The van der Waals surface area contributed by atoms with E-state index in [0.29, 0.717) is 29.2 Å². The van der Waals surface area contributed by atoms with Gasteiger partial charge in [0.1, 0.15) is 11.4 Å². The smallest absolute Gasteiger partial charge is 0.416 e. The number of alkyl halides is 6. The molecule has 12 heteroatoms. The van der Waals surface area contributed by atoms with Crippen LogP contribution < -0.4 is 5.73 Å². The highest BCUT2D eigenvalue weighted by molar-refractivity contribution is 9.10. The zero-order valence-electron chi connectivity index (χ0n) is 24.0. The Morgan fingerprint density at radius 3 is 2.09 bits per heavy atom. The predicted molar refractivity (Wildman–Crippen MR) is 165 cm³/mol. The SMILES string of the molecule is Cc1ncc(C(=O)O)c(-c2ccccc2Br)n1.Nc1c(Cc2cc(C(F)(F)F)cc(C(F)(F)F)c2)ccc2c1Cc1ccccc1-2. The van der Waals surface area contributed by atoms with E-state index in [1.165, 1.54) is 6.20 Å². The third-order valence-electron chi connectivity index (χ3n) is 7.43. The molecule has 1 aliphatic rings. The number of hydrogen-bond donors (Lipinski definition) is 2. The molecule has 0 radical (unpaired) electrons. The van der Waals surface area contributed by atoms with Crippen LogP contribution in [0.25, 0.3) is 22.4 Å². The molecule has 0 amide bonds. The number of carboxylic acids is 1. The number of carbonyl (C=O) groups is 1. The van der Waals surface area contributed by atoms with Crippen LogP contribution in [0.2, 0.25) is 0 Å². The molecule has 0 fully saturated rings. The van der Waals surface area contributed by atoms with Gasteiger partial charge in [0.05, 0.1) is 16.8 Å². The van der Waals surface area contributed by atoms with Gasteiger partial charge in [0, 0.05) is 28.3 Å². The number of nitrogen functional groups attached to an aromatic ring is 1. The molecule has 4 aromatic carbocycles. The molecule has 236 valence electrons. The Morgan fingerprint density at radius 1 is 0.870 bits per heavy atom. The molecule has 5 nitrogen and oxygen atoms in total. The first kappa shape index (κ1) is 32.7. The first-order valence-corrected chi connectivity index (χ1v) is 14.5. The zero-order valence-corrected chi connectivity index (χ0v) is 25.6. The van der Waals surface area contributed by atoms with Crippen molar-refractivity contribution in [3.63, 3.8) is 0 Å². The van der Waals surface area contributed by atoms with Gasteiger partial charge in [0.15, 0.2) is 0 Å². The Kier molecular flexibility index (Phi) is 8.94. The number of fused-ring (bicyclic) bond motifs is 3. The molecule has 3 N–H and O–H groups in total. The quantitative estimate of drug-likeness (QED) is 0.141. The van der Waals surface area contributed by atoms with Crippen molar-refractivity contribution in [3.05, 3.63) is 134 Å².